The van der Waals surface area contributed by atoms with E-state index < -0.39 is 11.2 Å². The number of aliphatic carboxylic acids is 1. The Morgan fingerprint density at radius 3 is 2.12 bits per heavy atom. The average molecular weight is 353 g/mol. The summed E-state index contributed by atoms with van der Waals surface area (Å²) in [5.74, 6) is -0.177. The number of aryl methyl sites for hydroxylation is 2. The first kappa shape index (κ1) is 17.2. The summed E-state index contributed by atoms with van der Waals surface area (Å²) in [4.78, 5) is 11.2. The first-order valence-corrected chi connectivity index (χ1v) is 8.82. The highest BCUT2D eigenvalue weighted by Gasteiger charge is 2.21. The van der Waals surface area contributed by atoms with Gasteiger partial charge >= 0.3 is 5.97 Å². The number of hydrogen-bond donors (Lipinski definition) is 1. The van der Waals surface area contributed by atoms with Crippen molar-refractivity contribution in [1.82, 2.24) is 14.8 Å². The van der Waals surface area contributed by atoms with E-state index in [1.54, 1.807) is 6.92 Å². The predicted octanol–water partition coefficient (Wildman–Crippen LogP) is 4.12. The van der Waals surface area contributed by atoms with E-state index in [0.29, 0.717) is 11.0 Å². The molecule has 3 rings (SSSR count). The highest BCUT2D eigenvalue weighted by Crippen LogP contribution is 2.30. The summed E-state index contributed by atoms with van der Waals surface area (Å²) in [5.41, 5.74) is 4.17. The van der Waals surface area contributed by atoms with Crippen LogP contribution in [0.5, 0.6) is 0 Å². The molecule has 5 nitrogen and oxygen atoms in total. The third kappa shape index (κ3) is 3.74. The van der Waals surface area contributed by atoms with Crippen LogP contribution < -0.4 is 0 Å². The lowest BCUT2D eigenvalue weighted by atomic mass is 10.1. The lowest BCUT2D eigenvalue weighted by Gasteiger charge is -2.12. The van der Waals surface area contributed by atoms with Gasteiger partial charge in [0, 0.05) is 11.3 Å². The maximum atomic E-state index is 11.2. The van der Waals surface area contributed by atoms with Crippen LogP contribution in [0.4, 0.5) is 0 Å². The van der Waals surface area contributed by atoms with Gasteiger partial charge in [-0.15, -0.1) is 10.2 Å². The van der Waals surface area contributed by atoms with Gasteiger partial charge in [-0.05, 0) is 32.9 Å². The van der Waals surface area contributed by atoms with Crippen molar-refractivity contribution in [3.05, 3.63) is 59.7 Å². The number of aromatic nitrogens is 3. The van der Waals surface area contributed by atoms with E-state index in [4.69, 9.17) is 0 Å². The second kappa shape index (κ2) is 7.11. The second-order valence-corrected chi connectivity index (χ2v) is 7.25. The predicted molar refractivity (Wildman–Crippen MR) is 99.2 cm³/mol. The molecular weight excluding hydrogens is 334 g/mol. The molecule has 0 aliphatic rings. The molecule has 1 heterocycles. The molecule has 1 atom stereocenters. The highest BCUT2D eigenvalue weighted by molar-refractivity contribution is 8.00. The fourth-order valence-electron chi connectivity index (χ4n) is 2.37. The molecule has 25 heavy (non-hydrogen) atoms. The van der Waals surface area contributed by atoms with Crippen molar-refractivity contribution in [2.75, 3.05) is 0 Å². The molecule has 2 aromatic carbocycles. The molecule has 0 spiro atoms. The zero-order valence-corrected chi connectivity index (χ0v) is 15.1. The molecule has 0 aliphatic carbocycles. The summed E-state index contributed by atoms with van der Waals surface area (Å²) >= 11 is 1.19. The van der Waals surface area contributed by atoms with Crippen molar-refractivity contribution < 1.29 is 9.90 Å². The van der Waals surface area contributed by atoms with Crippen LogP contribution in [0.3, 0.4) is 0 Å². The van der Waals surface area contributed by atoms with Crippen LogP contribution in [0, 0.1) is 13.8 Å². The third-order valence-electron chi connectivity index (χ3n) is 3.87. The number of thioether (sulfide) groups is 1. The van der Waals surface area contributed by atoms with E-state index in [1.165, 1.54) is 17.3 Å². The second-order valence-electron chi connectivity index (χ2n) is 5.94. The summed E-state index contributed by atoms with van der Waals surface area (Å²) in [7, 11) is 0. The minimum atomic E-state index is -0.875. The Kier molecular flexibility index (Phi) is 4.90. The number of rotatable bonds is 5. The first-order valence-electron chi connectivity index (χ1n) is 7.94. The van der Waals surface area contributed by atoms with Crippen LogP contribution >= 0.6 is 11.8 Å². The molecule has 0 saturated carbocycles. The third-order valence-corrected chi connectivity index (χ3v) is 4.90. The lowest BCUT2D eigenvalue weighted by molar-refractivity contribution is -0.136. The largest absolute Gasteiger partial charge is 0.480 e. The Hall–Kier alpha value is -2.60. The Balaban J connectivity index is 2.12. The quantitative estimate of drug-likeness (QED) is 0.699. The van der Waals surface area contributed by atoms with Gasteiger partial charge in [0.2, 0.25) is 0 Å². The molecule has 0 fully saturated rings. The lowest BCUT2D eigenvalue weighted by Crippen LogP contribution is -2.12. The van der Waals surface area contributed by atoms with Crippen molar-refractivity contribution in [1.29, 1.82) is 0 Å². The van der Waals surface area contributed by atoms with Crippen molar-refractivity contribution in [2.24, 2.45) is 0 Å². The summed E-state index contributed by atoms with van der Waals surface area (Å²) in [6, 6.07) is 16.1. The zero-order chi connectivity index (χ0) is 18.0. The van der Waals surface area contributed by atoms with Crippen molar-refractivity contribution in [3.8, 4) is 17.1 Å². The number of carboxylic acids is 1. The first-order chi connectivity index (χ1) is 12.0. The molecule has 6 heteroatoms. The molecule has 0 aliphatic heterocycles. The maximum absolute atomic E-state index is 11.2. The van der Waals surface area contributed by atoms with Crippen LogP contribution in [0.15, 0.2) is 53.7 Å². The van der Waals surface area contributed by atoms with Crippen LogP contribution in [0.25, 0.3) is 17.1 Å². The molecule has 0 unspecified atom stereocenters. The molecule has 3 aromatic rings. The SMILES string of the molecule is Cc1ccc(-c2nnc(S[C@H](C)C(=O)O)n2-c2ccc(C)cc2)cc1. The van der Waals surface area contributed by atoms with Gasteiger partial charge in [-0.25, -0.2) is 0 Å². The molecule has 0 saturated heterocycles. The summed E-state index contributed by atoms with van der Waals surface area (Å²) in [6.45, 7) is 5.70. The monoisotopic (exact) mass is 353 g/mol. The Bertz CT molecular complexity index is 886. The molecule has 0 radical (unpaired) electrons. The Morgan fingerprint density at radius 2 is 1.56 bits per heavy atom. The van der Waals surface area contributed by atoms with E-state index in [1.807, 2.05) is 66.9 Å². The van der Waals surface area contributed by atoms with Crippen LogP contribution in [-0.2, 0) is 4.79 Å². The van der Waals surface area contributed by atoms with Crippen LogP contribution in [0.2, 0.25) is 0 Å². The molecule has 1 aromatic heterocycles. The standard InChI is InChI=1S/C19H19N3O2S/c1-12-4-8-15(9-5-12)17-20-21-19(25-14(3)18(23)24)22(17)16-10-6-13(2)7-11-16/h4-11,14H,1-3H3,(H,23,24)/t14-/m1/s1. The minimum Gasteiger partial charge on any atom is -0.480 e. The number of benzene rings is 2. The van der Waals surface area contributed by atoms with Gasteiger partial charge in [0.15, 0.2) is 11.0 Å². The van der Waals surface area contributed by atoms with Crippen LogP contribution in [0.1, 0.15) is 18.1 Å². The van der Waals surface area contributed by atoms with E-state index in [0.717, 1.165) is 16.8 Å². The van der Waals surface area contributed by atoms with Crippen molar-refractivity contribution in [3.63, 3.8) is 0 Å². The number of nitrogens with zero attached hydrogens (tertiary/aromatic N) is 3. The van der Waals surface area contributed by atoms with Crippen molar-refractivity contribution in [2.45, 2.75) is 31.2 Å². The van der Waals surface area contributed by atoms with E-state index in [2.05, 4.69) is 10.2 Å². The Morgan fingerprint density at radius 1 is 1.00 bits per heavy atom. The maximum Gasteiger partial charge on any atom is 0.316 e. The van der Waals surface area contributed by atoms with Gasteiger partial charge in [0.1, 0.15) is 5.25 Å². The van der Waals surface area contributed by atoms with E-state index in [-0.39, 0.29) is 0 Å². The zero-order valence-electron chi connectivity index (χ0n) is 14.3. The van der Waals surface area contributed by atoms with Gasteiger partial charge in [-0.2, -0.15) is 0 Å². The smallest absolute Gasteiger partial charge is 0.316 e. The van der Waals surface area contributed by atoms with Gasteiger partial charge in [-0.1, -0.05) is 59.3 Å². The number of carboxylic acid groups (broad SMARTS) is 1. The average Bonchev–Trinajstić information content (AvgIpc) is 2.99. The topological polar surface area (TPSA) is 68.0 Å². The minimum absolute atomic E-state index is 0.564. The molecule has 1 N–H and O–H groups in total. The van der Waals surface area contributed by atoms with E-state index in [9.17, 15) is 9.90 Å². The summed E-state index contributed by atoms with van der Waals surface area (Å²) < 4.78 is 1.91. The Labute approximate surface area is 150 Å². The normalized spacial score (nSPS) is 12.1. The highest BCUT2D eigenvalue weighted by atomic mass is 32.2. The molecule has 0 bridgehead atoms. The van der Waals surface area contributed by atoms with Crippen LogP contribution in [-0.4, -0.2) is 31.1 Å². The fraction of sp³-hybridized carbons (Fsp3) is 0.211. The summed E-state index contributed by atoms with van der Waals surface area (Å²) in [6.07, 6.45) is 0. The number of carbonyl (C=O) groups is 1. The van der Waals surface area contributed by atoms with E-state index >= 15 is 0 Å². The fourth-order valence-corrected chi connectivity index (χ4v) is 3.17. The molecule has 0 amide bonds. The van der Waals surface area contributed by atoms with Gasteiger partial charge < -0.3 is 5.11 Å². The van der Waals surface area contributed by atoms with Gasteiger partial charge in [0.25, 0.3) is 0 Å². The molecule has 128 valence electrons. The van der Waals surface area contributed by atoms with Gasteiger partial charge in [-0.3, -0.25) is 9.36 Å². The van der Waals surface area contributed by atoms with Crippen molar-refractivity contribution >= 4 is 17.7 Å². The summed E-state index contributed by atoms with van der Waals surface area (Å²) in [5, 5.41) is 17.7. The van der Waals surface area contributed by atoms with Gasteiger partial charge in [0.05, 0.1) is 0 Å². The molecular formula is C19H19N3O2S. The number of hydrogen-bond acceptors (Lipinski definition) is 4.